The molecule has 0 radical (unpaired) electrons. The summed E-state index contributed by atoms with van der Waals surface area (Å²) in [5.74, 6) is -1.05. The number of hydrogen-bond acceptors (Lipinski definition) is 4. The molecule has 0 fully saturated rings. The minimum Gasteiger partial charge on any atom is -0.464 e. The summed E-state index contributed by atoms with van der Waals surface area (Å²) in [6, 6.07) is 17.4. The zero-order chi connectivity index (χ0) is 19.5. The van der Waals surface area contributed by atoms with Crippen LogP contribution in [0.3, 0.4) is 0 Å². The molecule has 0 aliphatic rings. The Bertz CT molecular complexity index is 747. The molecule has 0 bridgehead atoms. The zero-order valence-corrected chi connectivity index (χ0v) is 15.3. The molecule has 2 rings (SSSR count). The van der Waals surface area contributed by atoms with Crippen molar-refractivity contribution >= 4 is 23.5 Å². The molecule has 0 aromatic heterocycles. The van der Waals surface area contributed by atoms with Gasteiger partial charge in [0.1, 0.15) is 6.04 Å². The first-order chi connectivity index (χ1) is 13.1. The van der Waals surface area contributed by atoms with Gasteiger partial charge in [-0.1, -0.05) is 48.5 Å². The Morgan fingerprint density at radius 2 is 1.56 bits per heavy atom. The maximum atomic E-state index is 12.2. The number of nitrogens with one attached hydrogen (secondary N) is 2. The lowest BCUT2D eigenvalue weighted by Gasteiger charge is -2.17. The van der Waals surface area contributed by atoms with Crippen LogP contribution in [0.5, 0.6) is 0 Å². The third kappa shape index (κ3) is 7.32. The Balaban J connectivity index is 1.90. The minimum absolute atomic E-state index is 0.0873. The summed E-state index contributed by atoms with van der Waals surface area (Å²) >= 11 is 0. The number of benzene rings is 2. The number of amides is 2. The largest absolute Gasteiger partial charge is 0.464 e. The van der Waals surface area contributed by atoms with Crippen LogP contribution in [0.4, 0.5) is 5.69 Å². The SMILES string of the molecule is CCOC(=O)[C@@H](CCC(=O)Nc1ccccc1)NC(=O)Cc1ccccc1. The number of carbonyl (C=O) groups excluding carboxylic acids is 3. The molecule has 27 heavy (non-hydrogen) atoms. The lowest BCUT2D eigenvalue weighted by molar-refractivity contribution is -0.147. The van der Waals surface area contributed by atoms with Crippen LogP contribution >= 0.6 is 0 Å². The van der Waals surface area contributed by atoms with Crippen molar-refractivity contribution in [3.63, 3.8) is 0 Å². The van der Waals surface area contributed by atoms with Gasteiger partial charge in [0.25, 0.3) is 0 Å². The molecule has 0 aliphatic carbocycles. The van der Waals surface area contributed by atoms with Crippen molar-refractivity contribution in [1.82, 2.24) is 5.32 Å². The van der Waals surface area contributed by atoms with Crippen LogP contribution in [-0.4, -0.2) is 30.4 Å². The molecule has 2 amide bonds. The van der Waals surface area contributed by atoms with Crippen molar-refractivity contribution in [2.75, 3.05) is 11.9 Å². The van der Waals surface area contributed by atoms with Crippen molar-refractivity contribution in [1.29, 1.82) is 0 Å². The molecule has 0 unspecified atom stereocenters. The highest BCUT2D eigenvalue weighted by molar-refractivity contribution is 5.91. The molecule has 2 aromatic rings. The molecule has 0 heterocycles. The fraction of sp³-hybridized carbons (Fsp3) is 0.286. The van der Waals surface area contributed by atoms with E-state index in [1.54, 1.807) is 19.1 Å². The summed E-state index contributed by atoms with van der Waals surface area (Å²) < 4.78 is 5.02. The number of anilines is 1. The Kier molecular flexibility index (Phi) is 8.03. The van der Waals surface area contributed by atoms with E-state index in [4.69, 9.17) is 4.74 Å². The zero-order valence-electron chi connectivity index (χ0n) is 15.3. The number of para-hydroxylation sites is 1. The van der Waals surface area contributed by atoms with Crippen LogP contribution in [0.1, 0.15) is 25.3 Å². The van der Waals surface area contributed by atoms with Gasteiger partial charge < -0.3 is 15.4 Å². The maximum Gasteiger partial charge on any atom is 0.328 e. The molecular weight excluding hydrogens is 344 g/mol. The predicted octanol–water partition coefficient (Wildman–Crippen LogP) is 2.70. The van der Waals surface area contributed by atoms with Gasteiger partial charge in [0.05, 0.1) is 13.0 Å². The second-order valence-electron chi connectivity index (χ2n) is 5.99. The first-order valence-electron chi connectivity index (χ1n) is 8.93. The second kappa shape index (κ2) is 10.8. The average Bonchev–Trinajstić information content (AvgIpc) is 2.67. The number of hydrogen-bond donors (Lipinski definition) is 2. The molecule has 1 atom stereocenters. The normalized spacial score (nSPS) is 11.3. The quantitative estimate of drug-likeness (QED) is 0.667. The maximum absolute atomic E-state index is 12.2. The summed E-state index contributed by atoms with van der Waals surface area (Å²) in [6.45, 7) is 1.91. The summed E-state index contributed by atoms with van der Waals surface area (Å²) in [6.07, 6.45) is 0.412. The number of carbonyl (C=O) groups is 3. The topological polar surface area (TPSA) is 84.5 Å². The molecule has 0 saturated heterocycles. The van der Waals surface area contributed by atoms with E-state index in [1.165, 1.54) is 0 Å². The van der Waals surface area contributed by atoms with Gasteiger partial charge in [0, 0.05) is 12.1 Å². The van der Waals surface area contributed by atoms with E-state index in [1.807, 2.05) is 48.5 Å². The Morgan fingerprint density at radius 1 is 0.926 bits per heavy atom. The van der Waals surface area contributed by atoms with E-state index < -0.39 is 12.0 Å². The van der Waals surface area contributed by atoms with Crippen LogP contribution in [0.25, 0.3) is 0 Å². The third-order valence-corrected chi connectivity index (χ3v) is 3.83. The summed E-state index contributed by atoms with van der Waals surface area (Å²) in [5.41, 5.74) is 1.53. The monoisotopic (exact) mass is 368 g/mol. The molecule has 0 saturated carbocycles. The smallest absolute Gasteiger partial charge is 0.328 e. The van der Waals surface area contributed by atoms with E-state index in [0.717, 1.165) is 5.56 Å². The lowest BCUT2D eigenvalue weighted by Crippen LogP contribution is -2.43. The standard InChI is InChI=1S/C21H24N2O4/c1-2-27-21(26)18(23-20(25)15-16-9-5-3-6-10-16)13-14-19(24)22-17-11-7-4-8-12-17/h3-12,18H,2,13-15H2,1H3,(H,22,24)(H,23,25)/t18-/m1/s1. The van der Waals surface area contributed by atoms with Gasteiger partial charge in [0.15, 0.2) is 0 Å². The van der Waals surface area contributed by atoms with Gasteiger partial charge in [-0.15, -0.1) is 0 Å². The fourth-order valence-corrected chi connectivity index (χ4v) is 2.54. The third-order valence-electron chi connectivity index (χ3n) is 3.83. The van der Waals surface area contributed by atoms with E-state index in [9.17, 15) is 14.4 Å². The highest BCUT2D eigenvalue weighted by atomic mass is 16.5. The highest BCUT2D eigenvalue weighted by Gasteiger charge is 2.23. The van der Waals surface area contributed by atoms with Gasteiger partial charge in [-0.3, -0.25) is 9.59 Å². The van der Waals surface area contributed by atoms with Gasteiger partial charge in [-0.25, -0.2) is 4.79 Å². The van der Waals surface area contributed by atoms with Crippen LogP contribution in [0.15, 0.2) is 60.7 Å². The first kappa shape index (κ1) is 20.2. The van der Waals surface area contributed by atoms with Gasteiger partial charge in [-0.05, 0) is 31.0 Å². The highest BCUT2D eigenvalue weighted by Crippen LogP contribution is 2.08. The van der Waals surface area contributed by atoms with E-state index in [-0.39, 0.29) is 37.7 Å². The van der Waals surface area contributed by atoms with Gasteiger partial charge >= 0.3 is 5.97 Å². The minimum atomic E-state index is -0.859. The van der Waals surface area contributed by atoms with Crippen molar-refractivity contribution in [2.24, 2.45) is 0 Å². The van der Waals surface area contributed by atoms with Crippen molar-refractivity contribution < 1.29 is 19.1 Å². The van der Waals surface area contributed by atoms with Crippen LogP contribution in [0, 0.1) is 0 Å². The van der Waals surface area contributed by atoms with Crippen molar-refractivity contribution in [3.05, 3.63) is 66.2 Å². The molecular formula is C21H24N2O4. The Labute approximate surface area is 158 Å². The van der Waals surface area contributed by atoms with Crippen LogP contribution in [-0.2, 0) is 25.5 Å². The fourth-order valence-electron chi connectivity index (χ4n) is 2.54. The summed E-state index contributed by atoms with van der Waals surface area (Å²) in [4.78, 5) is 36.5. The van der Waals surface area contributed by atoms with E-state index in [0.29, 0.717) is 5.69 Å². The molecule has 6 heteroatoms. The molecule has 142 valence electrons. The molecule has 2 N–H and O–H groups in total. The molecule has 0 aliphatic heterocycles. The van der Waals surface area contributed by atoms with Crippen LogP contribution < -0.4 is 10.6 Å². The average molecular weight is 368 g/mol. The molecule has 6 nitrogen and oxygen atoms in total. The van der Waals surface area contributed by atoms with Gasteiger partial charge in [0.2, 0.25) is 11.8 Å². The Hall–Kier alpha value is -3.15. The Morgan fingerprint density at radius 3 is 2.19 bits per heavy atom. The van der Waals surface area contributed by atoms with Crippen molar-refractivity contribution in [2.45, 2.75) is 32.2 Å². The molecule has 2 aromatic carbocycles. The predicted molar refractivity (Wildman–Crippen MR) is 103 cm³/mol. The number of esters is 1. The number of rotatable bonds is 9. The summed E-state index contributed by atoms with van der Waals surface area (Å²) in [7, 11) is 0. The van der Waals surface area contributed by atoms with E-state index >= 15 is 0 Å². The van der Waals surface area contributed by atoms with Crippen molar-refractivity contribution in [3.8, 4) is 0 Å². The van der Waals surface area contributed by atoms with Crippen LogP contribution in [0.2, 0.25) is 0 Å². The summed E-state index contributed by atoms with van der Waals surface area (Å²) in [5, 5.41) is 5.43. The van der Waals surface area contributed by atoms with Gasteiger partial charge in [-0.2, -0.15) is 0 Å². The second-order valence-corrected chi connectivity index (χ2v) is 5.99. The lowest BCUT2D eigenvalue weighted by atomic mass is 10.1. The van der Waals surface area contributed by atoms with E-state index in [2.05, 4.69) is 10.6 Å². The first-order valence-corrected chi connectivity index (χ1v) is 8.93. The molecule has 0 spiro atoms. The number of ether oxygens (including phenoxy) is 1.